The van der Waals surface area contributed by atoms with Gasteiger partial charge in [0.15, 0.2) is 0 Å². The molecule has 1 aliphatic heterocycles. The van der Waals surface area contributed by atoms with Crippen molar-refractivity contribution >= 4 is 15.9 Å². The highest BCUT2D eigenvalue weighted by molar-refractivity contribution is 7.89. The Bertz CT molecular complexity index is 781. The van der Waals surface area contributed by atoms with Crippen molar-refractivity contribution in [3.8, 4) is 11.5 Å². The molecule has 0 radical (unpaired) electrons. The van der Waals surface area contributed by atoms with Crippen LogP contribution in [0.15, 0.2) is 23.1 Å². The van der Waals surface area contributed by atoms with Gasteiger partial charge in [0.05, 0.1) is 26.2 Å². The van der Waals surface area contributed by atoms with Crippen LogP contribution in [-0.4, -0.2) is 65.2 Å². The number of rotatable bonds is 10. The molecule has 2 rings (SSSR count). The van der Waals surface area contributed by atoms with Gasteiger partial charge in [-0.3, -0.25) is 4.79 Å². The lowest BCUT2D eigenvalue weighted by molar-refractivity contribution is -0.126. The second-order valence-corrected chi connectivity index (χ2v) is 9.19. The summed E-state index contributed by atoms with van der Waals surface area (Å²) in [4.78, 5) is 12.6. The normalized spacial score (nSPS) is 17.9. The first kappa shape index (κ1) is 23.4. The molecule has 1 aromatic rings. The molecule has 0 aromatic heterocycles. The number of carbonyl (C=O) groups is 1. The fourth-order valence-electron chi connectivity index (χ4n) is 3.25. The van der Waals surface area contributed by atoms with Crippen molar-refractivity contribution in [3.63, 3.8) is 0 Å². The maximum atomic E-state index is 13.2. The lowest BCUT2D eigenvalue weighted by Gasteiger charge is -2.31. The highest BCUT2D eigenvalue weighted by atomic mass is 32.2. The molecule has 1 amide bonds. The van der Waals surface area contributed by atoms with Crippen molar-refractivity contribution in [2.45, 2.75) is 44.1 Å². The number of ether oxygens (including phenoxy) is 3. The van der Waals surface area contributed by atoms with Gasteiger partial charge in [0.25, 0.3) is 0 Å². The predicted molar refractivity (Wildman–Crippen MR) is 110 cm³/mol. The average molecular weight is 429 g/mol. The first-order valence-electron chi connectivity index (χ1n) is 9.91. The number of hydrogen-bond donors (Lipinski definition) is 1. The van der Waals surface area contributed by atoms with Gasteiger partial charge in [0.1, 0.15) is 16.4 Å². The first-order chi connectivity index (χ1) is 13.8. The molecular formula is C20H32N2O6S. The summed E-state index contributed by atoms with van der Waals surface area (Å²) in [5.41, 5.74) is 0. The highest BCUT2D eigenvalue weighted by Gasteiger charge is 2.35. The fourth-order valence-corrected chi connectivity index (χ4v) is 4.94. The molecule has 1 atom stereocenters. The smallest absolute Gasteiger partial charge is 0.246 e. The van der Waals surface area contributed by atoms with Crippen molar-refractivity contribution in [1.82, 2.24) is 9.62 Å². The zero-order chi connectivity index (χ0) is 21.4. The van der Waals surface area contributed by atoms with Crippen LogP contribution in [0.25, 0.3) is 0 Å². The molecule has 1 fully saturated rings. The summed E-state index contributed by atoms with van der Waals surface area (Å²) in [6.45, 7) is 5.54. The van der Waals surface area contributed by atoms with Gasteiger partial charge in [-0.05, 0) is 45.2 Å². The number of nitrogens with one attached hydrogen (secondary N) is 1. The molecule has 1 heterocycles. The quantitative estimate of drug-likeness (QED) is 0.573. The van der Waals surface area contributed by atoms with Crippen LogP contribution in [-0.2, 0) is 19.6 Å². The number of carbonyl (C=O) groups excluding carboxylic acids is 1. The maximum Gasteiger partial charge on any atom is 0.246 e. The van der Waals surface area contributed by atoms with Gasteiger partial charge in [-0.15, -0.1) is 0 Å². The summed E-state index contributed by atoms with van der Waals surface area (Å²) in [6.07, 6.45) is 2.17. The van der Waals surface area contributed by atoms with Crippen LogP contribution < -0.4 is 14.8 Å². The van der Waals surface area contributed by atoms with E-state index in [9.17, 15) is 13.2 Å². The molecule has 0 saturated carbocycles. The largest absolute Gasteiger partial charge is 0.497 e. The van der Waals surface area contributed by atoms with Gasteiger partial charge >= 0.3 is 0 Å². The molecule has 8 nitrogen and oxygen atoms in total. The topological polar surface area (TPSA) is 94.2 Å². The number of nitrogens with zero attached hydrogens (tertiary/aromatic N) is 1. The van der Waals surface area contributed by atoms with Crippen LogP contribution in [0.4, 0.5) is 0 Å². The van der Waals surface area contributed by atoms with E-state index in [0.29, 0.717) is 38.3 Å². The molecule has 29 heavy (non-hydrogen) atoms. The fraction of sp³-hybridized carbons (Fsp3) is 0.650. The lowest BCUT2D eigenvalue weighted by Crippen LogP contribution is -2.45. The minimum Gasteiger partial charge on any atom is -0.497 e. The van der Waals surface area contributed by atoms with Crippen molar-refractivity contribution in [2.24, 2.45) is 5.92 Å². The Morgan fingerprint density at radius 1 is 1.28 bits per heavy atom. The van der Waals surface area contributed by atoms with E-state index in [1.165, 1.54) is 24.6 Å². The molecule has 1 aliphatic rings. The average Bonchev–Trinajstić information content (AvgIpc) is 2.72. The Hall–Kier alpha value is -1.84. The Morgan fingerprint density at radius 2 is 2.03 bits per heavy atom. The Labute approximate surface area is 173 Å². The molecule has 0 spiro atoms. The summed E-state index contributed by atoms with van der Waals surface area (Å²) >= 11 is 0. The standard InChI is InChI=1S/C20H32N2O6S/c1-15(2)28-12-6-10-21-20(23)16-7-5-11-22(14-16)29(24,25)19-13-17(26-3)8-9-18(19)27-4/h8-9,13,15-16H,5-7,10-12,14H2,1-4H3,(H,21,23)/t16-/m0/s1. The molecule has 9 heteroatoms. The van der Waals surface area contributed by atoms with Gasteiger partial charge in [-0.2, -0.15) is 4.31 Å². The molecule has 1 saturated heterocycles. The predicted octanol–water partition coefficient (Wildman–Crippen LogP) is 2.04. The van der Waals surface area contributed by atoms with Crippen LogP contribution in [0.5, 0.6) is 11.5 Å². The van der Waals surface area contributed by atoms with E-state index in [0.717, 1.165) is 6.42 Å². The first-order valence-corrected chi connectivity index (χ1v) is 11.3. The summed E-state index contributed by atoms with van der Waals surface area (Å²) in [7, 11) is -0.909. The zero-order valence-electron chi connectivity index (χ0n) is 17.6. The van der Waals surface area contributed by atoms with Crippen molar-refractivity contribution < 1.29 is 27.4 Å². The van der Waals surface area contributed by atoms with E-state index < -0.39 is 10.0 Å². The van der Waals surface area contributed by atoms with Crippen LogP contribution in [0.1, 0.15) is 33.1 Å². The van der Waals surface area contributed by atoms with E-state index in [1.807, 2.05) is 13.8 Å². The van der Waals surface area contributed by atoms with Gasteiger partial charge in [-0.1, -0.05) is 0 Å². The Kier molecular flexibility index (Phi) is 8.73. The number of piperidine rings is 1. The van der Waals surface area contributed by atoms with Gasteiger partial charge in [0.2, 0.25) is 15.9 Å². The van der Waals surface area contributed by atoms with E-state index in [-0.39, 0.29) is 35.1 Å². The monoisotopic (exact) mass is 428 g/mol. The maximum absolute atomic E-state index is 13.2. The van der Waals surface area contributed by atoms with Crippen LogP contribution >= 0.6 is 0 Å². The van der Waals surface area contributed by atoms with Crippen LogP contribution in [0.2, 0.25) is 0 Å². The summed E-state index contributed by atoms with van der Waals surface area (Å²) in [5.74, 6) is 0.190. The SMILES string of the molecule is COc1ccc(OC)c(S(=O)(=O)N2CCC[C@H](C(=O)NCCCOC(C)C)C2)c1. The molecule has 0 bridgehead atoms. The number of hydrogen-bond acceptors (Lipinski definition) is 6. The highest BCUT2D eigenvalue weighted by Crippen LogP contribution is 2.32. The van der Waals surface area contributed by atoms with Crippen molar-refractivity contribution in [3.05, 3.63) is 18.2 Å². The van der Waals surface area contributed by atoms with Crippen LogP contribution in [0.3, 0.4) is 0 Å². The minimum absolute atomic E-state index is 0.0474. The van der Waals surface area contributed by atoms with E-state index in [4.69, 9.17) is 14.2 Å². The number of benzene rings is 1. The Morgan fingerprint density at radius 3 is 2.69 bits per heavy atom. The second kappa shape index (κ2) is 10.8. The second-order valence-electron chi connectivity index (χ2n) is 7.28. The Balaban J connectivity index is 2.03. The van der Waals surface area contributed by atoms with Gasteiger partial charge in [-0.25, -0.2) is 8.42 Å². The molecule has 0 unspecified atom stereocenters. The van der Waals surface area contributed by atoms with Crippen molar-refractivity contribution in [1.29, 1.82) is 0 Å². The summed E-state index contributed by atoms with van der Waals surface area (Å²) in [6, 6.07) is 4.67. The van der Waals surface area contributed by atoms with E-state index in [2.05, 4.69) is 5.32 Å². The summed E-state index contributed by atoms with van der Waals surface area (Å²) in [5, 5.41) is 2.89. The molecule has 164 valence electrons. The third-order valence-corrected chi connectivity index (χ3v) is 6.70. The number of sulfonamides is 1. The lowest BCUT2D eigenvalue weighted by atomic mass is 9.99. The van der Waals surface area contributed by atoms with Gasteiger partial charge < -0.3 is 19.5 Å². The third-order valence-electron chi connectivity index (χ3n) is 4.82. The molecular weight excluding hydrogens is 396 g/mol. The van der Waals surface area contributed by atoms with E-state index >= 15 is 0 Å². The van der Waals surface area contributed by atoms with Crippen molar-refractivity contribution in [2.75, 3.05) is 40.5 Å². The molecule has 1 aromatic carbocycles. The third kappa shape index (κ3) is 6.32. The van der Waals surface area contributed by atoms with Crippen LogP contribution in [0, 0.1) is 5.92 Å². The molecule has 0 aliphatic carbocycles. The number of amides is 1. The van der Waals surface area contributed by atoms with E-state index in [1.54, 1.807) is 12.1 Å². The summed E-state index contributed by atoms with van der Waals surface area (Å²) < 4.78 is 43.6. The minimum atomic E-state index is -3.81. The van der Waals surface area contributed by atoms with Gasteiger partial charge in [0, 0.05) is 32.3 Å². The zero-order valence-corrected chi connectivity index (χ0v) is 18.5. The number of methoxy groups -OCH3 is 2. The molecule has 1 N–H and O–H groups in total.